The van der Waals surface area contributed by atoms with E-state index in [1.54, 1.807) is 39.9 Å². The number of carbonyl (C=O) groups is 1. The molecule has 0 saturated carbocycles. The van der Waals surface area contributed by atoms with Crippen LogP contribution < -0.4 is 5.32 Å². The Balaban J connectivity index is 1.45. The molecule has 1 N–H and O–H groups in total. The average Bonchev–Trinajstić information content (AvgIpc) is 3.50. The number of aromatic nitrogens is 2. The zero-order valence-electron chi connectivity index (χ0n) is 17.7. The molecule has 0 atom stereocenters. The average molecular weight is 479 g/mol. The van der Waals surface area contributed by atoms with Crippen LogP contribution in [-0.4, -0.2) is 32.9 Å². The number of nitro groups is 1. The number of thiophene rings is 1. The van der Waals surface area contributed by atoms with Gasteiger partial charge in [-0.1, -0.05) is 18.2 Å². The number of benzene rings is 2. The highest BCUT2D eigenvalue weighted by molar-refractivity contribution is 7.98. The maximum absolute atomic E-state index is 12.6. The molecule has 0 aliphatic carbocycles. The van der Waals surface area contributed by atoms with Crippen molar-refractivity contribution in [3.8, 4) is 16.9 Å². The highest BCUT2D eigenvalue weighted by Crippen LogP contribution is 2.26. The fourth-order valence-corrected chi connectivity index (χ4v) is 4.88. The number of hydrogen-bond donors (Lipinski definition) is 1. The number of hydrogen-bond acceptors (Lipinski definition) is 6. The molecule has 168 valence electrons. The zero-order chi connectivity index (χ0) is 23.0. The van der Waals surface area contributed by atoms with Gasteiger partial charge < -0.3 is 5.32 Å². The van der Waals surface area contributed by atoms with E-state index in [9.17, 15) is 14.9 Å². The van der Waals surface area contributed by atoms with Gasteiger partial charge in [-0.15, -0.1) is 0 Å². The molecule has 0 radical (unpaired) electrons. The molecular formula is C24H22N4O3S2. The molecule has 7 nitrogen and oxygen atoms in total. The van der Waals surface area contributed by atoms with Crippen LogP contribution in [0.4, 0.5) is 5.69 Å². The maximum atomic E-state index is 12.6. The van der Waals surface area contributed by atoms with Gasteiger partial charge in [0.1, 0.15) is 0 Å². The summed E-state index contributed by atoms with van der Waals surface area (Å²) in [5.41, 5.74) is 4.31. The molecule has 0 bridgehead atoms. The largest absolute Gasteiger partial charge is 0.355 e. The van der Waals surface area contributed by atoms with Gasteiger partial charge in [0.15, 0.2) is 0 Å². The lowest BCUT2D eigenvalue weighted by Crippen LogP contribution is -2.27. The van der Waals surface area contributed by atoms with Gasteiger partial charge in [-0.05, 0) is 46.7 Å². The van der Waals surface area contributed by atoms with E-state index in [4.69, 9.17) is 0 Å². The van der Waals surface area contributed by atoms with Crippen molar-refractivity contribution in [3.05, 3.63) is 98.9 Å². The van der Waals surface area contributed by atoms with Gasteiger partial charge in [-0.25, -0.2) is 4.68 Å². The van der Waals surface area contributed by atoms with Crippen molar-refractivity contribution in [2.24, 2.45) is 0 Å². The Labute approximate surface area is 199 Å². The first-order valence-electron chi connectivity index (χ1n) is 10.3. The molecule has 2 heterocycles. The van der Waals surface area contributed by atoms with E-state index in [2.05, 4.69) is 27.2 Å². The normalized spacial score (nSPS) is 10.8. The van der Waals surface area contributed by atoms with Crippen molar-refractivity contribution >= 4 is 34.7 Å². The Hall–Kier alpha value is -3.43. The van der Waals surface area contributed by atoms with E-state index < -0.39 is 4.92 Å². The molecule has 33 heavy (non-hydrogen) atoms. The summed E-state index contributed by atoms with van der Waals surface area (Å²) in [6.07, 6.45) is 2.02. The predicted molar refractivity (Wildman–Crippen MR) is 133 cm³/mol. The number of carbonyl (C=O) groups excluding carboxylic acids is 1. The van der Waals surface area contributed by atoms with Crippen LogP contribution in [0.1, 0.15) is 11.1 Å². The molecule has 2 aromatic heterocycles. The minimum absolute atomic E-state index is 0.0143. The van der Waals surface area contributed by atoms with E-state index in [0.29, 0.717) is 12.2 Å². The summed E-state index contributed by atoms with van der Waals surface area (Å²) >= 11 is 3.47. The van der Waals surface area contributed by atoms with Crippen LogP contribution in [0, 0.1) is 10.1 Å². The Kier molecular flexibility index (Phi) is 7.54. The van der Waals surface area contributed by atoms with Crippen LogP contribution in [0.5, 0.6) is 0 Å². The molecule has 4 rings (SSSR count). The topological polar surface area (TPSA) is 90.1 Å². The lowest BCUT2D eigenvalue weighted by molar-refractivity contribution is -0.384. The molecular weight excluding hydrogens is 456 g/mol. The van der Waals surface area contributed by atoms with Crippen LogP contribution in [0.2, 0.25) is 0 Å². The summed E-state index contributed by atoms with van der Waals surface area (Å²) in [4.78, 5) is 23.2. The number of non-ortho nitro benzene ring substituents is 1. The molecule has 0 aliphatic rings. The lowest BCUT2D eigenvalue weighted by Gasteiger charge is -2.06. The molecule has 0 unspecified atom stereocenters. The van der Waals surface area contributed by atoms with Gasteiger partial charge in [0.2, 0.25) is 5.91 Å². The van der Waals surface area contributed by atoms with Crippen molar-refractivity contribution < 1.29 is 9.72 Å². The second-order valence-corrected chi connectivity index (χ2v) is 9.18. The summed E-state index contributed by atoms with van der Waals surface area (Å²) < 4.78 is 1.73. The molecule has 2 aromatic carbocycles. The molecule has 0 fully saturated rings. The van der Waals surface area contributed by atoms with Crippen LogP contribution in [0.3, 0.4) is 0 Å². The maximum Gasteiger partial charge on any atom is 0.269 e. The summed E-state index contributed by atoms with van der Waals surface area (Å²) in [7, 11) is 0. The number of amides is 1. The van der Waals surface area contributed by atoms with Crippen LogP contribution >= 0.6 is 23.1 Å². The van der Waals surface area contributed by atoms with E-state index in [0.717, 1.165) is 28.3 Å². The molecule has 1 amide bonds. The van der Waals surface area contributed by atoms with Crippen molar-refractivity contribution in [1.82, 2.24) is 15.1 Å². The number of rotatable bonds is 10. The number of thioether (sulfide) groups is 1. The highest BCUT2D eigenvalue weighted by atomic mass is 32.2. The van der Waals surface area contributed by atoms with Crippen LogP contribution in [0.15, 0.2) is 77.6 Å². The third-order valence-electron chi connectivity index (χ3n) is 4.93. The second kappa shape index (κ2) is 10.9. The first kappa shape index (κ1) is 22.8. The molecule has 0 spiro atoms. The zero-order valence-corrected chi connectivity index (χ0v) is 19.3. The Morgan fingerprint density at radius 3 is 2.61 bits per heavy atom. The molecule has 9 heteroatoms. The van der Waals surface area contributed by atoms with Gasteiger partial charge in [0.05, 0.1) is 22.7 Å². The van der Waals surface area contributed by atoms with Gasteiger partial charge in [-0.2, -0.15) is 28.2 Å². The van der Waals surface area contributed by atoms with Crippen LogP contribution in [-0.2, 0) is 17.0 Å². The van der Waals surface area contributed by atoms with Gasteiger partial charge in [0, 0.05) is 47.5 Å². The Morgan fingerprint density at radius 2 is 1.91 bits per heavy atom. The summed E-state index contributed by atoms with van der Waals surface area (Å²) in [6.45, 7) is 0.591. The minimum Gasteiger partial charge on any atom is -0.355 e. The summed E-state index contributed by atoms with van der Waals surface area (Å²) in [6, 6.07) is 18.0. The standard InChI is InChI=1S/C24H22N4O3S2/c29-23(25-11-13-33-17-18-10-12-32-16-18)14-20-15-27(21-4-2-1-3-5-21)26-24(20)19-6-8-22(9-7-19)28(30)31/h1-10,12,15-16H,11,13-14,17H2,(H,25,29). The molecule has 4 aromatic rings. The summed E-state index contributed by atoms with van der Waals surface area (Å²) in [5, 5.41) is 22.9. The number of nitro benzene ring substituents is 1. The molecule has 0 saturated heterocycles. The SMILES string of the molecule is O=C(Cc1cn(-c2ccccc2)nc1-c1ccc([N+](=O)[O-])cc1)NCCSCc1ccsc1. The summed E-state index contributed by atoms with van der Waals surface area (Å²) in [5.74, 6) is 1.69. The van der Waals surface area contributed by atoms with E-state index in [1.165, 1.54) is 17.7 Å². The highest BCUT2D eigenvalue weighted by Gasteiger charge is 2.16. The van der Waals surface area contributed by atoms with E-state index in [-0.39, 0.29) is 18.0 Å². The third-order valence-corrected chi connectivity index (χ3v) is 6.69. The predicted octanol–water partition coefficient (Wildman–Crippen LogP) is 5.10. The fourth-order valence-electron chi connectivity index (χ4n) is 3.30. The fraction of sp³-hybridized carbons (Fsp3) is 0.167. The minimum atomic E-state index is -0.433. The quantitative estimate of drug-likeness (QED) is 0.195. The first-order chi connectivity index (χ1) is 16.1. The first-order valence-corrected chi connectivity index (χ1v) is 12.4. The van der Waals surface area contributed by atoms with Crippen LogP contribution in [0.25, 0.3) is 16.9 Å². The van der Waals surface area contributed by atoms with Crippen molar-refractivity contribution in [3.63, 3.8) is 0 Å². The van der Waals surface area contributed by atoms with Gasteiger partial charge in [0.25, 0.3) is 5.69 Å². The molecule has 0 aliphatic heterocycles. The van der Waals surface area contributed by atoms with Crippen molar-refractivity contribution in [2.75, 3.05) is 12.3 Å². The van der Waals surface area contributed by atoms with Gasteiger partial charge in [-0.3, -0.25) is 14.9 Å². The Morgan fingerprint density at radius 1 is 1.12 bits per heavy atom. The van der Waals surface area contributed by atoms with E-state index >= 15 is 0 Å². The van der Waals surface area contributed by atoms with Gasteiger partial charge >= 0.3 is 0 Å². The van der Waals surface area contributed by atoms with Crippen molar-refractivity contribution in [2.45, 2.75) is 12.2 Å². The second-order valence-electron chi connectivity index (χ2n) is 7.30. The smallest absolute Gasteiger partial charge is 0.269 e. The van der Waals surface area contributed by atoms with E-state index in [1.807, 2.05) is 36.5 Å². The number of nitrogens with zero attached hydrogens (tertiary/aromatic N) is 3. The van der Waals surface area contributed by atoms with Crippen molar-refractivity contribution in [1.29, 1.82) is 0 Å². The monoisotopic (exact) mass is 478 g/mol. The number of nitrogens with one attached hydrogen (secondary N) is 1. The third kappa shape index (κ3) is 6.09. The number of para-hydroxylation sites is 1. The Bertz CT molecular complexity index is 1210. The lowest BCUT2D eigenvalue weighted by atomic mass is 10.1.